The summed E-state index contributed by atoms with van der Waals surface area (Å²) in [6, 6.07) is 8.52. The number of rotatable bonds is 19. The van der Waals surface area contributed by atoms with E-state index >= 15 is 0 Å². The number of ketones is 1. The van der Waals surface area contributed by atoms with Crippen molar-refractivity contribution >= 4 is 28.4 Å². The van der Waals surface area contributed by atoms with Crippen LogP contribution >= 0.6 is 11.8 Å². The van der Waals surface area contributed by atoms with E-state index in [-0.39, 0.29) is 36.7 Å². The number of hydrogen-bond donors (Lipinski definition) is 0. The van der Waals surface area contributed by atoms with Crippen molar-refractivity contribution < 1.29 is 28.5 Å². The molecule has 2 atom stereocenters. The summed E-state index contributed by atoms with van der Waals surface area (Å²) in [5, 5.41) is 1.89. The van der Waals surface area contributed by atoms with Crippen LogP contribution < -0.4 is 0 Å². The Hall–Kier alpha value is -2.81. The van der Waals surface area contributed by atoms with Gasteiger partial charge in [-0.3, -0.25) is 9.59 Å². The standard InChI is InChI=1S/C24H41NO6.C15H20S.C3H8/c1-7-12-19(31-17-23(29-9-3)30-10-4)15-20(28-6)16-22(26)25-14-11-13-21(25)24(27)18(5)8-2;1-6-16-15(12(4)5)14-9-7-13(8-10-14)11(2)3;1-3-2/h12,15,18,21,23H,7-11,13-14,16-17H2,1-6H3;6-11H,1H2,2-5H3;3H2,1-2H3/b19-12-,20-15-;;. The van der Waals surface area contributed by atoms with Gasteiger partial charge in [-0.15, -0.1) is 0 Å². The maximum absolute atomic E-state index is 13.0. The molecule has 0 saturated carbocycles. The van der Waals surface area contributed by atoms with E-state index in [1.807, 2.05) is 46.1 Å². The summed E-state index contributed by atoms with van der Waals surface area (Å²) in [5.74, 6) is 1.72. The van der Waals surface area contributed by atoms with E-state index in [4.69, 9.17) is 18.9 Å². The maximum atomic E-state index is 13.0. The third-order valence-electron chi connectivity index (χ3n) is 7.88. The lowest BCUT2D eigenvalue weighted by atomic mass is 9.96. The van der Waals surface area contributed by atoms with Gasteiger partial charge >= 0.3 is 0 Å². The molecule has 284 valence electrons. The number of likely N-dealkylation sites (tertiary alicyclic amines) is 1. The first kappa shape index (κ1) is 47.2. The van der Waals surface area contributed by atoms with Crippen LogP contribution in [-0.2, 0) is 28.5 Å². The minimum atomic E-state index is -0.451. The molecule has 0 radical (unpaired) electrons. The van der Waals surface area contributed by atoms with Crippen molar-refractivity contribution in [3.8, 4) is 0 Å². The van der Waals surface area contributed by atoms with Crippen LogP contribution in [-0.4, -0.2) is 62.4 Å². The van der Waals surface area contributed by atoms with Crippen LogP contribution in [0.5, 0.6) is 0 Å². The molecule has 7 nitrogen and oxygen atoms in total. The molecule has 1 aromatic carbocycles. The SMILES string of the molecule is C=CSC(=C(C)C)c1ccc(C(C)C)cc1.CC/C=C(/C=C(/CC(=O)N1CCCC1C(=O)C(C)CC)OC)OCC(OCC)OCC.CCC. The van der Waals surface area contributed by atoms with Crippen molar-refractivity contribution in [1.82, 2.24) is 4.90 Å². The molecule has 1 heterocycles. The second kappa shape index (κ2) is 27.9. The number of thioether (sulfide) groups is 1. The number of carbonyl (C=O) groups excluding carboxylic acids is 2. The number of allylic oxidation sites excluding steroid dienone is 3. The molecule has 0 N–H and O–H groups in total. The van der Waals surface area contributed by atoms with Gasteiger partial charge in [-0.2, -0.15) is 0 Å². The minimum Gasteiger partial charge on any atom is -0.500 e. The topological polar surface area (TPSA) is 74.3 Å². The van der Waals surface area contributed by atoms with Crippen LogP contribution in [0.4, 0.5) is 0 Å². The zero-order valence-corrected chi connectivity index (χ0v) is 34.3. The van der Waals surface area contributed by atoms with Gasteiger partial charge in [0.2, 0.25) is 5.91 Å². The third kappa shape index (κ3) is 17.9. The lowest BCUT2D eigenvalue weighted by Crippen LogP contribution is -2.42. The zero-order chi connectivity index (χ0) is 38.1. The molecule has 1 amide bonds. The molecule has 50 heavy (non-hydrogen) atoms. The van der Waals surface area contributed by atoms with Gasteiger partial charge in [-0.05, 0) is 81.9 Å². The third-order valence-corrected chi connectivity index (χ3v) is 8.93. The normalized spacial score (nSPS) is 15.1. The van der Waals surface area contributed by atoms with Crippen molar-refractivity contribution in [2.45, 2.75) is 133 Å². The predicted octanol–water partition coefficient (Wildman–Crippen LogP) is 11.1. The summed E-state index contributed by atoms with van der Waals surface area (Å²) in [6.07, 6.45) is 7.68. The number of hydrogen-bond acceptors (Lipinski definition) is 7. The van der Waals surface area contributed by atoms with E-state index < -0.39 is 6.29 Å². The molecule has 0 bridgehead atoms. The van der Waals surface area contributed by atoms with Crippen LogP contribution in [0.1, 0.15) is 132 Å². The molecule has 1 aliphatic rings. The van der Waals surface area contributed by atoms with Gasteiger partial charge in [0, 0.05) is 36.7 Å². The number of nitrogens with zero attached hydrogens (tertiary/aromatic N) is 1. The first-order valence-corrected chi connectivity index (χ1v) is 19.5. The van der Waals surface area contributed by atoms with Gasteiger partial charge in [0.05, 0.1) is 19.6 Å². The molecule has 2 unspecified atom stereocenters. The lowest BCUT2D eigenvalue weighted by molar-refractivity contribution is -0.159. The van der Waals surface area contributed by atoms with Crippen molar-refractivity contribution in [3.05, 3.63) is 76.6 Å². The van der Waals surface area contributed by atoms with E-state index in [0.29, 0.717) is 37.2 Å². The molecule has 2 rings (SSSR count). The first-order chi connectivity index (χ1) is 23.9. The van der Waals surface area contributed by atoms with E-state index in [1.165, 1.54) is 35.1 Å². The molecular formula is C42H69NO6S. The Morgan fingerprint density at radius 3 is 2.06 bits per heavy atom. The Morgan fingerprint density at radius 1 is 1.00 bits per heavy atom. The Labute approximate surface area is 309 Å². The number of Topliss-reactive ketones (excluding diaryl/α,β-unsaturated/α-hetero) is 1. The average molecular weight is 716 g/mol. The van der Waals surface area contributed by atoms with Crippen molar-refractivity contribution in [1.29, 1.82) is 0 Å². The van der Waals surface area contributed by atoms with Gasteiger partial charge in [0.1, 0.15) is 18.1 Å². The van der Waals surface area contributed by atoms with Gasteiger partial charge < -0.3 is 23.8 Å². The molecule has 1 fully saturated rings. The smallest absolute Gasteiger partial charge is 0.230 e. The largest absolute Gasteiger partial charge is 0.500 e. The van der Waals surface area contributed by atoms with E-state index in [2.05, 4.69) is 72.4 Å². The molecule has 0 aromatic heterocycles. The lowest BCUT2D eigenvalue weighted by Gasteiger charge is -2.26. The molecule has 0 aliphatic carbocycles. The zero-order valence-electron chi connectivity index (χ0n) is 33.4. The maximum Gasteiger partial charge on any atom is 0.230 e. The minimum absolute atomic E-state index is 0.0352. The summed E-state index contributed by atoms with van der Waals surface area (Å²) in [5.41, 5.74) is 4.01. The fraction of sp³-hybridized carbons (Fsp3) is 0.619. The number of methoxy groups -OCH3 is 1. The quantitative estimate of drug-likeness (QED) is 0.0802. The van der Waals surface area contributed by atoms with E-state index in [0.717, 1.165) is 25.7 Å². The summed E-state index contributed by atoms with van der Waals surface area (Å²) in [7, 11) is 1.54. The van der Waals surface area contributed by atoms with Crippen LogP contribution in [0.3, 0.4) is 0 Å². The highest BCUT2D eigenvalue weighted by molar-refractivity contribution is 8.10. The molecule has 1 aromatic rings. The summed E-state index contributed by atoms with van der Waals surface area (Å²) in [6.45, 7) is 28.4. The summed E-state index contributed by atoms with van der Waals surface area (Å²) >= 11 is 1.70. The molecule has 8 heteroatoms. The summed E-state index contributed by atoms with van der Waals surface area (Å²) in [4.78, 5) is 28.7. The number of ether oxygens (including phenoxy) is 4. The highest BCUT2D eigenvalue weighted by atomic mass is 32.2. The van der Waals surface area contributed by atoms with Crippen molar-refractivity contribution in [2.75, 3.05) is 33.5 Å². The Kier molecular flexibility index (Phi) is 26.3. The highest BCUT2D eigenvalue weighted by Crippen LogP contribution is 2.32. The van der Waals surface area contributed by atoms with Gasteiger partial charge in [-0.25, -0.2) is 0 Å². The number of carbonyl (C=O) groups is 2. The number of amides is 1. The van der Waals surface area contributed by atoms with Gasteiger partial charge in [0.15, 0.2) is 12.1 Å². The molecule has 0 spiro atoms. The number of benzene rings is 1. The van der Waals surface area contributed by atoms with Crippen molar-refractivity contribution in [3.63, 3.8) is 0 Å². The molecule has 1 aliphatic heterocycles. The van der Waals surface area contributed by atoms with Crippen LogP contribution in [0, 0.1) is 5.92 Å². The summed E-state index contributed by atoms with van der Waals surface area (Å²) < 4.78 is 22.4. The van der Waals surface area contributed by atoms with E-state index in [9.17, 15) is 9.59 Å². The first-order valence-electron chi connectivity index (χ1n) is 18.6. The van der Waals surface area contributed by atoms with Crippen molar-refractivity contribution in [2.24, 2.45) is 5.92 Å². The predicted molar refractivity (Wildman–Crippen MR) is 213 cm³/mol. The average Bonchev–Trinajstić information content (AvgIpc) is 3.59. The molecule has 1 saturated heterocycles. The molecular weight excluding hydrogens is 647 g/mol. The second-order valence-corrected chi connectivity index (χ2v) is 13.7. The van der Waals surface area contributed by atoms with Gasteiger partial charge in [-0.1, -0.05) is 103 Å². The fourth-order valence-corrected chi connectivity index (χ4v) is 5.77. The fourth-order valence-electron chi connectivity index (χ4n) is 5.10. The highest BCUT2D eigenvalue weighted by Gasteiger charge is 2.35. The van der Waals surface area contributed by atoms with Crippen LogP contribution in [0.2, 0.25) is 0 Å². The van der Waals surface area contributed by atoms with Gasteiger partial charge in [0.25, 0.3) is 0 Å². The Morgan fingerprint density at radius 2 is 1.60 bits per heavy atom. The van der Waals surface area contributed by atoms with E-state index in [1.54, 1.807) is 22.7 Å². The Balaban J connectivity index is 0.00000105. The monoisotopic (exact) mass is 715 g/mol. The Bertz CT molecular complexity index is 1190. The second-order valence-electron chi connectivity index (χ2n) is 12.7. The van der Waals surface area contributed by atoms with Crippen LogP contribution in [0.25, 0.3) is 4.91 Å². The van der Waals surface area contributed by atoms with Crippen LogP contribution in [0.15, 0.2) is 65.5 Å².